The summed E-state index contributed by atoms with van der Waals surface area (Å²) in [5, 5.41) is 3.86. The first-order valence-electron chi connectivity index (χ1n) is 6.09. The number of nitrogens with zero attached hydrogens (tertiary/aromatic N) is 1. The first-order valence-corrected chi connectivity index (χ1v) is 7.57. The number of oxime groups is 1. The van der Waals surface area contributed by atoms with Crippen LogP contribution in [0.2, 0.25) is 0 Å². The molecule has 0 bridgehead atoms. The molecule has 1 N–H and O–H groups in total. The summed E-state index contributed by atoms with van der Waals surface area (Å²) in [5.74, 6) is 0. The summed E-state index contributed by atoms with van der Waals surface area (Å²) >= 11 is 0. The number of hydrogen-bond donors (Lipinski definition) is 1. The maximum atomic E-state index is 12.2. The van der Waals surface area contributed by atoms with Gasteiger partial charge in [-0.3, -0.25) is 0 Å². The summed E-state index contributed by atoms with van der Waals surface area (Å²) in [6.07, 6.45) is 0.628. The zero-order valence-corrected chi connectivity index (χ0v) is 12.1. The van der Waals surface area contributed by atoms with E-state index in [4.69, 9.17) is 4.84 Å². The summed E-state index contributed by atoms with van der Waals surface area (Å²) in [6.45, 7) is 5.76. The fourth-order valence-corrected chi connectivity index (χ4v) is 3.26. The van der Waals surface area contributed by atoms with Crippen molar-refractivity contribution in [3.05, 3.63) is 29.8 Å². The van der Waals surface area contributed by atoms with E-state index in [1.54, 1.807) is 18.2 Å². The first-order chi connectivity index (χ1) is 8.81. The zero-order chi connectivity index (χ0) is 14.1. The van der Waals surface area contributed by atoms with E-state index in [1.807, 2.05) is 26.8 Å². The van der Waals surface area contributed by atoms with Gasteiger partial charge < -0.3 is 4.84 Å². The maximum absolute atomic E-state index is 12.2. The Balaban J connectivity index is 2.07. The molecule has 19 heavy (non-hydrogen) atoms. The van der Waals surface area contributed by atoms with Crippen LogP contribution in [0.4, 0.5) is 0 Å². The lowest BCUT2D eigenvalue weighted by Gasteiger charge is -2.21. The van der Waals surface area contributed by atoms with Gasteiger partial charge in [0.25, 0.3) is 0 Å². The molecule has 1 aromatic rings. The van der Waals surface area contributed by atoms with Crippen LogP contribution >= 0.6 is 0 Å². The van der Waals surface area contributed by atoms with E-state index in [9.17, 15) is 8.42 Å². The van der Waals surface area contributed by atoms with Gasteiger partial charge in [0.2, 0.25) is 10.0 Å². The Morgan fingerprint density at radius 1 is 1.42 bits per heavy atom. The van der Waals surface area contributed by atoms with Crippen molar-refractivity contribution >= 4 is 15.7 Å². The lowest BCUT2D eigenvalue weighted by atomic mass is 10.0. The number of sulfonamides is 1. The van der Waals surface area contributed by atoms with Crippen LogP contribution in [0.25, 0.3) is 0 Å². The Labute approximate surface area is 113 Å². The van der Waals surface area contributed by atoms with Crippen LogP contribution in [-0.2, 0) is 14.9 Å². The summed E-state index contributed by atoms with van der Waals surface area (Å²) < 4.78 is 26.9. The van der Waals surface area contributed by atoms with E-state index in [2.05, 4.69) is 9.88 Å². The van der Waals surface area contributed by atoms with Crippen molar-refractivity contribution in [1.29, 1.82) is 0 Å². The van der Waals surface area contributed by atoms with Crippen LogP contribution in [0.1, 0.15) is 25.8 Å². The molecule has 0 aromatic heterocycles. The molecule has 0 radical (unpaired) electrons. The molecule has 0 unspecified atom stereocenters. The molecule has 1 aliphatic rings. The number of benzene rings is 1. The number of nitrogens with one attached hydrogen (secondary N) is 1. The monoisotopic (exact) mass is 282 g/mol. The van der Waals surface area contributed by atoms with Crippen LogP contribution in [0, 0.1) is 6.92 Å². The second-order valence-electron chi connectivity index (χ2n) is 5.19. The molecule has 0 saturated heterocycles. The maximum Gasteiger partial charge on any atom is 0.240 e. The molecule has 6 heteroatoms. The van der Waals surface area contributed by atoms with Crippen LogP contribution in [-0.4, -0.2) is 26.3 Å². The highest BCUT2D eigenvalue weighted by Crippen LogP contribution is 2.23. The molecule has 2 rings (SSSR count). The van der Waals surface area contributed by atoms with Crippen molar-refractivity contribution in [1.82, 2.24) is 4.72 Å². The highest BCUT2D eigenvalue weighted by molar-refractivity contribution is 7.89. The van der Waals surface area contributed by atoms with Gasteiger partial charge in [-0.1, -0.05) is 17.3 Å². The third-order valence-electron chi connectivity index (χ3n) is 2.99. The molecule has 0 aliphatic carbocycles. The quantitative estimate of drug-likeness (QED) is 0.916. The summed E-state index contributed by atoms with van der Waals surface area (Å²) in [7, 11) is -3.51. The van der Waals surface area contributed by atoms with Gasteiger partial charge in [-0.05, 0) is 38.5 Å². The van der Waals surface area contributed by atoms with Crippen LogP contribution in [0.3, 0.4) is 0 Å². The van der Waals surface area contributed by atoms with Crippen molar-refractivity contribution < 1.29 is 13.3 Å². The Bertz CT molecular complexity index is 610. The minimum absolute atomic E-state index is 0.199. The molecule has 1 heterocycles. The average molecular weight is 282 g/mol. The predicted molar refractivity (Wildman–Crippen MR) is 73.6 cm³/mol. The zero-order valence-electron chi connectivity index (χ0n) is 11.3. The van der Waals surface area contributed by atoms with Crippen molar-refractivity contribution in [3.63, 3.8) is 0 Å². The molecule has 1 aromatic carbocycles. The molecular formula is C13H18N2O3S. The van der Waals surface area contributed by atoms with Gasteiger partial charge in [0.15, 0.2) is 5.60 Å². The van der Waals surface area contributed by atoms with Gasteiger partial charge in [0.05, 0.1) is 17.2 Å². The van der Waals surface area contributed by atoms with Gasteiger partial charge in [-0.15, -0.1) is 0 Å². The van der Waals surface area contributed by atoms with E-state index < -0.39 is 15.6 Å². The van der Waals surface area contributed by atoms with E-state index >= 15 is 0 Å². The highest BCUT2D eigenvalue weighted by atomic mass is 32.2. The van der Waals surface area contributed by atoms with E-state index in [-0.39, 0.29) is 11.4 Å². The van der Waals surface area contributed by atoms with Gasteiger partial charge in [-0.25, -0.2) is 13.1 Å². The van der Waals surface area contributed by atoms with Gasteiger partial charge in [0, 0.05) is 6.42 Å². The molecule has 0 fully saturated rings. The minimum atomic E-state index is -3.51. The minimum Gasteiger partial charge on any atom is -0.388 e. The molecule has 0 spiro atoms. The van der Waals surface area contributed by atoms with Crippen molar-refractivity contribution in [2.24, 2.45) is 5.16 Å². The van der Waals surface area contributed by atoms with Crippen LogP contribution < -0.4 is 4.72 Å². The number of rotatable bonds is 4. The number of hydrogen-bond acceptors (Lipinski definition) is 4. The van der Waals surface area contributed by atoms with E-state index in [1.165, 1.54) is 0 Å². The molecule has 1 atom stereocenters. The molecule has 5 nitrogen and oxygen atoms in total. The molecule has 0 saturated carbocycles. The lowest BCUT2D eigenvalue weighted by Crippen LogP contribution is -2.40. The predicted octanol–water partition coefficient (Wildman–Crippen LogP) is 1.83. The summed E-state index contributed by atoms with van der Waals surface area (Å²) in [6, 6.07) is 6.80. The fraction of sp³-hybridized carbons (Fsp3) is 0.462. The van der Waals surface area contributed by atoms with Crippen molar-refractivity contribution in [2.75, 3.05) is 6.54 Å². The molecular weight excluding hydrogens is 264 g/mol. The Hall–Kier alpha value is -1.40. The normalized spacial score (nSPS) is 23.0. The SMILES string of the molecule is CC1=NO[C@](C)(CNS(=O)(=O)c2cccc(C)c2)C1. The van der Waals surface area contributed by atoms with Crippen molar-refractivity contribution in [2.45, 2.75) is 37.7 Å². The third kappa shape index (κ3) is 3.33. The standard InChI is InChI=1S/C13H18N2O3S/c1-10-5-4-6-12(7-10)19(16,17)14-9-13(3)8-11(2)15-18-13/h4-7,14H,8-9H2,1-3H3/t13-/m0/s1. The van der Waals surface area contributed by atoms with Crippen molar-refractivity contribution in [3.8, 4) is 0 Å². The topological polar surface area (TPSA) is 67.8 Å². The molecule has 1 aliphatic heterocycles. The van der Waals surface area contributed by atoms with Gasteiger partial charge in [-0.2, -0.15) is 0 Å². The molecule has 104 valence electrons. The Morgan fingerprint density at radius 3 is 2.74 bits per heavy atom. The van der Waals surface area contributed by atoms with E-state index in [0.717, 1.165) is 11.3 Å². The summed E-state index contributed by atoms with van der Waals surface area (Å²) in [5.41, 5.74) is 1.18. The first kappa shape index (κ1) is 14.0. The molecule has 0 amide bonds. The summed E-state index contributed by atoms with van der Waals surface area (Å²) in [4.78, 5) is 5.54. The second kappa shape index (κ2) is 4.94. The van der Waals surface area contributed by atoms with E-state index in [0.29, 0.717) is 6.42 Å². The van der Waals surface area contributed by atoms with Crippen LogP contribution in [0.15, 0.2) is 34.3 Å². The van der Waals surface area contributed by atoms with Gasteiger partial charge in [0.1, 0.15) is 0 Å². The second-order valence-corrected chi connectivity index (χ2v) is 6.95. The van der Waals surface area contributed by atoms with Gasteiger partial charge >= 0.3 is 0 Å². The van der Waals surface area contributed by atoms with Crippen LogP contribution in [0.5, 0.6) is 0 Å². The average Bonchev–Trinajstić information content (AvgIpc) is 2.68. The largest absolute Gasteiger partial charge is 0.388 e. The lowest BCUT2D eigenvalue weighted by molar-refractivity contribution is 0.00146. The fourth-order valence-electron chi connectivity index (χ4n) is 2.00. The smallest absolute Gasteiger partial charge is 0.240 e. The Kier molecular flexibility index (Phi) is 3.64. The third-order valence-corrected chi connectivity index (χ3v) is 4.39. The Morgan fingerprint density at radius 2 is 2.16 bits per heavy atom. The number of aryl methyl sites for hydroxylation is 1. The highest BCUT2D eigenvalue weighted by Gasteiger charge is 2.34.